The number of rotatable bonds is 4. The van der Waals surface area contributed by atoms with Crippen molar-refractivity contribution in [2.24, 2.45) is 0 Å². The van der Waals surface area contributed by atoms with Crippen LogP contribution in [0.4, 0.5) is 26.3 Å². The Labute approximate surface area is 228 Å². The van der Waals surface area contributed by atoms with Crippen LogP contribution in [0.3, 0.4) is 0 Å². The molecule has 208 valence electrons. The molecule has 0 fully saturated rings. The first-order chi connectivity index (χ1) is 19.4. The van der Waals surface area contributed by atoms with Crippen LogP contribution < -0.4 is 4.18 Å². The van der Waals surface area contributed by atoms with Gasteiger partial charge in [0, 0.05) is 16.5 Å². The lowest BCUT2D eigenvalue weighted by molar-refractivity contribution is -0.137. The number of aromatic nitrogens is 2. The monoisotopic (exact) mass is 586 g/mol. The molecule has 0 aliphatic carbocycles. The molecule has 0 saturated carbocycles. The maximum Gasteiger partial charge on any atom is 0.534 e. The number of benzene rings is 5. The van der Waals surface area contributed by atoms with E-state index in [0.717, 1.165) is 29.0 Å². The standard InChI is InChI=1S/C29H16F6N2O3S/c30-28(31,32)17-13-15-18(16-14-17)37-26-22-10-4-2-8-20(22)19-7-1-3-9-21(19)25(26)36-27(37)23-11-5-6-12-24(23)40-41(38,39)29(33,34)35/h1-16H. The number of hydrogen-bond donors (Lipinski definition) is 0. The predicted octanol–water partition coefficient (Wildman–Crippen LogP) is 8.25. The summed E-state index contributed by atoms with van der Waals surface area (Å²) in [6.45, 7) is 0. The van der Waals surface area contributed by atoms with Gasteiger partial charge in [0.1, 0.15) is 5.82 Å². The molecule has 5 nitrogen and oxygen atoms in total. The Morgan fingerprint density at radius 3 is 1.80 bits per heavy atom. The zero-order valence-electron chi connectivity index (χ0n) is 20.5. The van der Waals surface area contributed by atoms with Gasteiger partial charge >= 0.3 is 21.8 Å². The zero-order valence-corrected chi connectivity index (χ0v) is 21.3. The number of hydrogen-bond acceptors (Lipinski definition) is 4. The number of para-hydroxylation sites is 1. The second-order valence-electron chi connectivity index (χ2n) is 9.08. The Balaban J connectivity index is 1.74. The summed E-state index contributed by atoms with van der Waals surface area (Å²) in [6.07, 6.45) is -4.60. The molecule has 0 aliphatic rings. The lowest BCUT2D eigenvalue weighted by atomic mass is 10.00. The Morgan fingerprint density at radius 1 is 0.659 bits per heavy atom. The van der Waals surface area contributed by atoms with Crippen molar-refractivity contribution in [1.29, 1.82) is 0 Å². The van der Waals surface area contributed by atoms with E-state index in [4.69, 9.17) is 4.98 Å². The highest BCUT2D eigenvalue weighted by molar-refractivity contribution is 7.88. The zero-order chi connectivity index (χ0) is 29.2. The first-order valence-electron chi connectivity index (χ1n) is 12.0. The van der Waals surface area contributed by atoms with Crippen molar-refractivity contribution >= 4 is 42.7 Å². The third-order valence-electron chi connectivity index (χ3n) is 6.60. The molecule has 0 amide bonds. The number of fused-ring (bicyclic) bond motifs is 6. The molecule has 6 rings (SSSR count). The smallest absolute Gasteiger partial charge is 0.375 e. The molecule has 0 spiro atoms. The third kappa shape index (κ3) is 4.44. The largest absolute Gasteiger partial charge is 0.534 e. The van der Waals surface area contributed by atoms with Crippen molar-refractivity contribution in [2.45, 2.75) is 11.7 Å². The fourth-order valence-electron chi connectivity index (χ4n) is 4.83. The first-order valence-corrected chi connectivity index (χ1v) is 13.4. The van der Waals surface area contributed by atoms with Gasteiger partial charge in [-0.3, -0.25) is 4.57 Å². The Hall–Kier alpha value is -4.58. The number of halogens is 6. The maximum atomic E-state index is 13.4. The molecule has 1 aromatic heterocycles. The summed E-state index contributed by atoms with van der Waals surface area (Å²) in [5.74, 6) is -0.684. The molecule has 0 aliphatic heterocycles. The molecule has 0 unspecified atom stereocenters. The predicted molar refractivity (Wildman–Crippen MR) is 142 cm³/mol. The van der Waals surface area contributed by atoms with E-state index < -0.39 is 33.1 Å². The summed E-state index contributed by atoms with van der Waals surface area (Å²) in [6, 6.07) is 23.9. The lowest BCUT2D eigenvalue weighted by Gasteiger charge is -2.16. The van der Waals surface area contributed by atoms with Crippen LogP contribution in [0.1, 0.15) is 5.56 Å². The van der Waals surface area contributed by atoms with Gasteiger partial charge in [0.2, 0.25) is 0 Å². The summed E-state index contributed by atoms with van der Waals surface area (Å²) in [7, 11) is -6.04. The molecule has 0 saturated heterocycles. The van der Waals surface area contributed by atoms with Gasteiger partial charge in [-0.25, -0.2) is 4.98 Å². The normalized spacial score (nSPS) is 12.8. The van der Waals surface area contributed by atoms with Crippen LogP contribution in [-0.2, 0) is 16.3 Å². The van der Waals surface area contributed by atoms with Gasteiger partial charge in [0.25, 0.3) is 0 Å². The van der Waals surface area contributed by atoms with Gasteiger partial charge < -0.3 is 4.18 Å². The highest BCUT2D eigenvalue weighted by atomic mass is 32.2. The van der Waals surface area contributed by atoms with Crippen molar-refractivity contribution in [3.05, 3.63) is 103 Å². The van der Waals surface area contributed by atoms with Crippen LogP contribution in [0.15, 0.2) is 97.1 Å². The molecule has 6 aromatic rings. The highest BCUT2D eigenvalue weighted by Crippen LogP contribution is 2.42. The van der Waals surface area contributed by atoms with E-state index in [1.807, 2.05) is 24.3 Å². The first kappa shape index (κ1) is 26.6. The van der Waals surface area contributed by atoms with Gasteiger partial charge in [0.05, 0.1) is 22.2 Å². The van der Waals surface area contributed by atoms with Crippen molar-refractivity contribution in [3.63, 3.8) is 0 Å². The molecule has 0 atom stereocenters. The second-order valence-corrected chi connectivity index (χ2v) is 10.6. The van der Waals surface area contributed by atoms with Crippen LogP contribution in [0.2, 0.25) is 0 Å². The summed E-state index contributed by atoms with van der Waals surface area (Å²) in [5, 5.41) is 2.97. The Morgan fingerprint density at radius 2 is 1.20 bits per heavy atom. The van der Waals surface area contributed by atoms with E-state index in [2.05, 4.69) is 4.18 Å². The van der Waals surface area contributed by atoms with E-state index in [0.29, 0.717) is 21.8 Å². The minimum atomic E-state index is -6.04. The fraction of sp³-hybridized carbons (Fsp3) is 0.0690. The second kappa shape index (κ2) is 9.23. The third-order valence-corrected chi connectivity index (χ3v) is 7.56. The Kier molecular flexibility index (Phi) is 6.00. The van der Waals surface area contributed by atoms with Gasteiger partial charge in [-0.05, 0) is 47.2 Å². The summed E-state index contributed by atoms with van der Waals surface area (Å²) in [5.41, 5.74) is -5.64. The summed E-state index contributed by atoms with van der Waals surface area (Å²) < 4.78 is 110. The van der Waals surface area contributed by atoms with Crippen LogP contribution in [-0.4, -0.2) is 23.5 Å². The van der Waals surface area contributed by atoms with Gasteiger partial charge in [-0.1, -0.05) is 60.7 Å². The molecule has 5 aromatic carbocycles. The average Bonchev–Trinajstić information content (AvgIpc) is 3.33. The quantitative estimate of drug-likeness (QED) is 0.0904. The molecule has 0 N–H and O–H groups in total. The van der Waals surface area contributed by atoms with Crippen LogP contribution >= 0.6 is 0 Å². The van der Waals surface area contributed by atoms with Gasteiger partial charge in [-0.15, -0.1) is 0 Å². The number of imidazole rings is 1. The van der Waals surface area contributed by atoms with E-state index in [1.54, 1.807) is 24.3 Å². The molecule has 41 heavy (non-hydrogen) atoms. The van der Waals surface area contributed by atoms with Crippen LogP contribution in [0.25, 0.3) is 49.7 Å². The minimum absolute atomic E-state index is 0.0331. The summed E-state index contributed by atoms with van der Waals surface area (Å²) in [4.78, 5) is 4.75. The Bertz CT molecular complexity index is 2070. The van der Waals surface area contributed by atoms with Crippen LogP contribution in [0.5, 0.6) is 5.75 Å². The van der Waals surface area contributed by atoms with Crippen molar-refractivity contribution in [3.8, 4) is 22.8 Å². The number of alkyl halides is 6. The SMILES string of the molecule is O=S(=O)(Oc1ccccc1-c1nc2c3ccccc3c3ccccc3c2n1-c1ccc(C(F)(F)F)cc1)C(F)(F)F. The highest BCUT2D eigenvalue weighted by Gasteiger charge is 2.49. The van der Waals surface area contributed by atoms with Gasteiger partial charge in [-0.2, -0.15) is 34.8 Å². The van der Waals surface area contributed by atoms with E-state index >= 15 is 0 Å². The van der Waals surface area contributed by atoms with Crippen molar-refractivity contribution < 1.29 is 38.9 Å². The van der Waals surface area contributed by atoms with E-state index in [-0.39, 0.29) is 17.1 Å². The fourth-order valence-corrected chi connectivity index (χ4v) is 5.30. The average molecular weight is 587 g/mol. The summed E-state index contributed by atoms with van der Waals surface area (Å²) >= 11 is 0. The minimum Gasteiger partial charge on any atom is -0.375 e. The van der Waals surface area contributed by atoms with Gasteiger partial charge in [0.15, 0.2) is 5.75 Å². The molecule has 0 radical (unpaired) electrons. The van der Waals surface area contributed by atoms with Crippen molar-refractivity contribution in [2.75, 3.05) is 0 Å². The number of nitrogens with zero attached hydrogens (tertiary/aromatic N) is 2. The molecule has 1 heterocycles. The lowest BCUT2D eigenvalue weighted by Crippen LogP contribution is -2.28. The maximum absolute atomic E-state index is 13.4. The molecule has 0 bridgehead atoms. The molecular weight excluding hydrogens is 570 g/mol. The van der Waals surface area contributed by atoms with E-state index in [1.165, 1.54) is 34.9 Å². The van der Waals surface area contributed by atoms with Crippen molar-refractivity contribution in [1.82, 2.24) is 9.55 Å². The topological polar surface area (TPSA) is 61.2 Å². The van der Waals surface area contributed by atoms with Crippen LogP contribution in [0, 0.1) is 0 Å². The molecule has 12 heteroatoms. The molecular formula is C29H16F6N2O3S. The van der Waals surface area contributed by atoms with E-state index in [9.17, 15) is 34.8 Å².